The fraction of sp³-hybridized carbons (Fsp3) is 0.880. The first-order valence-electron chi connectivity index (χ1n) is 14.0. The normalized spacial score (nSPS) is 15.4. The lowest BCUT2D eigenvalue weighted by Crippen LogP contribution is -2.76. The second kappa shape index (κ2) is 16.1. The van der Waals surface area contributed by atoms with Gasteiger partial charge in [0.25, 0.3) is 0 Å². The van der Waals surface area contributed by atoms with Crippen LogP contribution in [-0.2, 0) is 19.1 Å². The van der Waals surface area contributed by atoms with E-state index in [-0.39, 0.29) is 44.9 Å². The fourth-order valence-electron chi connectivity index (χ4n) is 3.98. The van der Waals surface area contributed by atoms with Crippen LogP contribution in [0.2, 0.25) is 0 Å². The summed E-state index contributed by atoms with van der Waals surface area (Å²) in [6, 6.07) is 0. The van der Waals surface area contributed by atoms with E-state index in [2.05, 4.69) is 4.74 Å². The number of esters is 1. The summed E-state index contributed by atoms with van der Waals surface area (Å²) < 4.78 is 287. The van der Waals surface area contributed by atoms with Crippen molar-refractivity contribution in [1.29, 1.82) is 0 Å². The summed E-state index contributed by atoms with van der Waals surface area (Å²) in [6.07, 6.45) is -15.6. The fourth-order valence-corrected chi connectivity index (χ4v) is 3.98. The van der Waals surface area contributed by atoms with Gasteiger partial charge in [-0.2, -0.15) is 92.2 Å². The summed E-state index contributed by atoms with van der Waals surface area (Å²) >= 11 is 0. The quantitative estimate of drug-likeness (QED) is 0.0606. The molecule has 1 atom stereocenters. The van der Waals surface area contributed by atoms with E-state index in [0.717, 1.165) is 0 Å². The largest absolute Gasteiger partial charge is 0.481 e. The van der Waals surface area contributed by atoms with Gasteiger partial charge < -0.3 is 14.9 Å². The highest BCUT2D eigenvalue weighted by molar-refractivity contribution is 5.82. The zero-order valence-electron chi connectivity index (χ0n) is 25.3. The molecule has 0 amide bonds. The molecular weight excluding hydrogens is 795 g/mol. The predicted octanol–water partition coefficient (Wildman–Crippen LogP) is 9.64. The maximum Gasteiger partial charge on any atom is 0.460 e. The molecule has 0 aliphatic carbocycles. The summed E-state index contributed by atoms with van der Waals surface area (Å²) in [5, 5.41) is 17.3. The highest BCUT2D eigenvalue weighted by atomic mass is 19.4. The molecule has 0 saturated heterocycles. The highest BCUT2D eigenvalue weighted by Crippen LogP contribution is 2.66. The molecule has 0 heterocycles. The van der Waals surface area contributed by atoms with E-state index in [1.54, 1.807) is 0 Å². The topological polar surface area (TPSA) is 101 Å². The third-order valence-corrected chi connectivity index (χ3v) is 7.11. The zero-order valence-corrected chi connectivity index (χ0v) is 25.3. The molecule has 0 bridgehead atoms. The molecule has 0 saturated carbocycles. The lowest BCUT2D eigenvalue weighted by Gasteiger charge is -2.44. The van der Waals surface area contributed by atoms with Gasteiger partial charge in [-0.05, 0) is 12.8 Å². The van der Waals surface area contributed by atoms with Gasteiger partial charge in [0.15, 0.2) is 0 Å². The summed E-state index contributed by atoms with van der Waals surface area (Å²) in [5.41, 5.74) is 0. The number of carboxylic acid groups (broad SMARTS) is 2. The van der Waals surface area contributed by atoms with Crippen molar-refractivity contribution >= 4 is 17.9 Å². The van der Waals surface area contributed by atoms with Crippen molar-refractivity contribution in [2.24, 2.45) is 0 Å². The molecule has 27 heteroatoms. The van der Waals surface area contributed by atoms with Crippen molar-refractivity contribution in [1.82, 2.24) is 0 Å². The van der Waals surface area contributed by atoms with Crippen LogP contribution in [0.1, 0.15) is 70.6 Å². The van der Waals surface area contributed by atoms with E-state index in [1.165, 1.54) is 0 Å². The van der Waals surface area contributed by atoms with Gasteiger partial charge in [-0.3, -0.25) is 9.59 Å². The Morgan fingerprint density at radius 3 is 1.08 bits per heavy atom. The van der Waals surface area contributed by atoms with Crippen molar-refractivity contribution in [2.45, 2.75) is 136 Å². The average molecular weight is 820 g/mol. The molecule has 0 aliphatic heterocycles. The minimum atomic E-state index is -9.20. The van der Waals surface area contributed by atoms with Gasteiger partial charge in [-0.25, -0.2) is 4.79 Å². The van der Waals surface area contributed by atoms with E-state index >= 15 is 0 Å². The van der Waals surface area contributed by atoms with Crippen LogP contribution < -0.4 is 0 Å². The average Bonchev–Trinajstić information content (AvgIpc) is 2.95. The zero-order chi connectivity index (χ0) is 41.8. The molecule has 0 aromatic carbocycles. The maximum atomic E-state index is 14.0. The number of carboxylic acids is 2. The lowest BCUT2D eigenvalue weighted by atomic mass is 9.85. The van der Waals surface area contributed by atoms with Gasteiger partial charge in [-0.1, -0.05) is 38.5 Å². The van der Waals surface area contributed by atoms with Crippen molar-refractivity contribution in [2.75, 3.05) is 0 Å². The number of unbranched alkanes of at least 4 members (excludes halogenated alkanes) is 7. The molecular formula is C25H25F21O6. The molecule has 6 nitrogen and oxygen atoms in total. The molecule has 0 spiro atoms. The smallest absolute Gasteiger partial charge is 0.460 e. The van der Waals surface area contributed by atoms with Crippen molar-refractivity contribution in [3.05, 3.63) is 0 Å². The molecule has 0 aromatic heterocycles. The molecule has 1 unspecified atom stereocenters. The van der Waals surface area contributed by atoms with E-state index < -0.39 is 109 Å². The number of alkyl halides is 21. The number of carbonyl (C=O) groups excluding carboxylic acids is 1. The number of hydrogen-bond acceptors (Lipinski definition) is 4. The summed E-state index contributed by atoms with van der Waals surface area (Å²) in [6.45, 7) is 0. The number of hydrogen-bond donors (Lipinski definition) is 2. The van der Waals surface area contributed by atoms with E-state index in [9.17, 15) is 107 Å². The lowest BCUT2D eigenvalue weighted by molar-refractivity contribution is -0.474. The predicted molar refractivity (Wildman–Crippen MR) is 127 cm³/mol. The Morgan fingerprint density at radius 2 is 0.750 bits per heavy atom. The Morgan fingerprint density at radius 1 is 0.442 bits per heavy atom. The third-order valence-electron chi connectivity index (χ3n) is 7.11. The summed E-state index contributed by atoms with van der Waals surface area (Å²) in [4.78, 5) is 32.9. The maximum absolute atomic E-state index is 14.0. The number of rotatable bonds is 23. The van der Waals surface area contributed by atoms with Crippen LogP contribution in [0.5, 0.6) is 0 Å². The van der Waals surface area contributed by atoms with Crippen LogP contribution in [-0.4, -0.2) is 93.7 Å². The second-order valence-electron chi connectivity index (χ2n) is 11.0. The first-order valence-corrected chi connectivity index (χ1v) is 14.0. The first kappa shape index (κ1) is 48.9. The SMILES string of the molecule is O=C(O)CC(OC(=O)CCCCCCCCCCC(F)(F)C(F)(F)C(F)(F)C(F)(F)C(F)(F)C(F)(F)C(F)(F)C(F)(F)C(F)(F)C(F)(F)F)C(=O)O. The molecule has 2 N–H and O–H groups in total. The standard InChI is InChI=1S/C25H25F21O6/c26-16(27,10-8-6-4-2-1-3-5-7-9-14(49)52-12(15(50)51)11-13(47)48)17(28,29)18(30,31)19(32,33)20(34,35)21(36,37)22(38,39)23(40,41)24(42,43)25(44,45)46/h12H,1-11H2,(H,47,48)(H,50,51). The van der Waals surface area contributed by atoms with E-state index in [4.69, 9.17) is 10.2 Å². The van der Waals surface area contributed by atoms with Gasteiger partial charge in [0.1, 0.15) is 0 Å². The Kier molecular flexibility index (Phi) is 15.2. The van der Waals surface area contributed by atoms with Crippen LogP contribution in [0.25, 0.3) is 0 Å². The Bertz CT molecular complexity index is 1230. The number of ether oxygens (including phenoxy) is 1. The van der Waals surface area contributed by atoms with Gasteiger partial charge in [0.2, 0.25) is 6.10 Å². The molecule has 0 rings (SSSR count). The van der Waals surface area contributed by atoms with Crippen LogP contribution in [0.15, 0.2) is 0 Å². The van der Waals surface area contributed by atoms with Crippen molar-refractivity contribution < 1.29 is 122 Å². The van der Waals surface area contributed by atoms with Gasteiger partial charge in [0.05, 0.1) is 6.42 Å². The molecule has 308 valence electrons. The van der Waals surface area contributed by atoms with Gasteiger partial charge in [0, 0.05) is 12.8 Å². The monoisotopic (exact) mass is 820 g/mol. The van der Waals surface area contributed by atoms with Crippen LogP contribution in [0.4, 0.5) is 92.2 Å². The van der Waals surface area contributed by atoms with Gasteiger partial charge >= 0.3 is 77.4 Å². The second-order valence-corrected chi connectivity index (χ2v) is 11.0. The number of carbonyl (C=O) groups is 3. The molecule has 52 heavy (non-hydrogen) atoms. The van der Waals surface area contributed by atoms with E-state index in [0.29, 0.717) is 0 Å². The molecule has 0 radical (unpaired) electrons. The molecule has 0 aliphatic rings. The summed E-state index contributed by atoms with van der Waals surface area (Å²) in [7, 11) is 0. The summed E-state index contributed by atoms with van der Waals surface area (Å²) in [5.74, 6) is -81.4. The van der Waals surface area contributed by atoms with E-state index in [1.807, 2.05) is 0 Å². The van der Waals surface area contributed by atoms with Crippen molar-refractivity contribution in [3.8, 4) is 0 Å². The first-order chi connectivity index (χ1) is 22.9. The third kappa shape index (κ3) is 9.17. The van der Waals surface area contributed by atoms with Crippen LogP contribution >= 0.6 is 0 Å². The highest BCUT2D eigenvalue weighted by Gasteiger charge is 2.97. The van der Waals surface area contributed by atoms with Crippen molar-refractivity contribution in [3.63, 3.8) is 0 Å². The van der Waals surface area contributed by atoms with Crippen LogP contribution in [0.3, 0.4) is 0 Å². The molecule has 0 aromatic rings. The molecule has 0 fully saturated rings. The Hall–Kier alpha value is -3.06. The Labute approximate surface area is 276 Å². The minimum absolute atomic E-state index is 0.0217. The number of halogens is 21. The van der Waals surface area contributed by atoms with Gasteiger partial charge in [-0.15, -0.1) is 0 Å². The van der Waals surface area contributed by atoms with Crippen LogP contribution in [0, 0.1) is 0 Å². The number of aliphatic carboxylic acids is 2. The Balaban J connectivity index is 5.48. The minimum Gasteiger partial charge on any atom is -0.481 e.